The second-order valence-corrected chi connectivity index (χ2v) is 8.29. The number of halogens is 1. The highest BCUT2D eigenvalue weighted by atomic mass is 79.9. The molecule has 0 spiro atoms. The lowest BCUT2D eigenvalue weighted by atomic mass is 9.96. The Balaban J connectivity index is 1.20. The van der Waals surface area contributed by atoms with Crippen molar-refractivity contribution < 1.29 is 14.1 Å². The molecule has 0 aliphatic carbocycles. The van der Waals surface area contributed by atoms with Gasteiger partial charge in [-0.15, -0.1) is 0 Å². The summed E-state index contributed by atoms with van der Waals surface area (Å²) in [5, 5.41) is 3.95. The summed E-state index contributed by atoms with van der Waals surface area (Å²) in [7, 11) is 0. The second-order valence-electron chi connectivity index (χ2n) is 7.37. The Morgan fingerprint density at radius 2 is 2.07 bits per heavy atom. The molecule has 2 aliphatic rings. The van der Waals surface area contributed by atoms with Crippen molar-refractivity contribution in [3.63, 3.8) is 0 Å². The highest BCUT2D eigenvalue weighted by molar-refractivity contribution is 9.10. The topological polar surface area (TPSA) is 105 Å². The largest absolute Gasteiger partial charge is 0.341 e. The average molecular weight is 469 g/mol. The first-order valence-electron chi connectivity index (χ1n) is 9.53. The molecule has 152 valence electrons. The van der Waals surface area contributed by atoms with Gasteiger partial charge in [-0.3, -0.25) is 14.6 Å². The fraction of sp³-hybridized carbons (Fsp3) is 0.300. The molecule has 1 atom stereocenters. The van der Waals surface area contributed by atoms with Crippen molar-refractivity contribution in [2.75, 3.05) is 24.5 Å². The summed E-state index contributed by atoms with van der Waals surface area (Å²) in [6.07, 6.45) is 4.93. The zero-order valence-corrected chi connectivity index (χ0v) is 17.4. The number of rotatable bonds is 4. The van der Waals surface area contributed by atoms with Gasteiger partial charge in [0.25, 0.3) is 0 Å². The summed E-state index contributed by atoms with van der Waals surface area (Å²) in [4.78, 5) is 41.3. The number of likely N-dealkylation sites (tertiary alicyclic amines) is 1. The molecule has 2 fully saturated rings. The smallest absolute Gasteiger partial charge is 0.233 e. The fourth-order valence-electron chi connectivity index (χ4n) is 3.76. The van der Waals surface area contributed by atoms with Gasteiger partial charge in [0.15, 0.2) is 0 Å². The van der Waals surface area contributed by atoms with Crippen LogP contribution in [0.15, 0.2) is 51.9 Å². The van der Waals surface area contributed by atoms with Crippen LogP contribution in [0.25, 0.3) is 11.5 Å². The molecule has 2 saturated heterocycles. The summed E-state index contributed by atoms with van der Waals surface area (Å²) >= 11 is 3.42. The minimum absolute atomic E-state index is 0.00855. The third kappa shape index (κ3) is 3.47. The molecule has 2 amide bonds. The van der Waals surface area contributed by atoms with Crippen LogP contribution in [0, 0.1) is 5.92 Å². The number of carbonyl (C=O) groups is 2. The number of benzene rings is 1. The van der Waals surface area contributed by atoms with Crippen molar-refractivity contribution in [3.8, 4) is 11.5 Å². The van der Waals surface area contributed by atoms with Crippen molar-refractivity contribution in [1.82, 2.24) is 25.0 Å². The maximum absolute atomic E-state index is 12.9. The third-order valence-electron chi connectivity index (χ3n) is 5.37. The third-order valence-corrected chi connectivity index (χ3v) is 5.86. The van der Waals surface area contributed by atoms with Gasteiger partial charge in [0.1, 0.15) is 5.69 Å². The number of carbonyl (C=O) groups excluding carboxylic acids is 2. The monoisotopic (exact) mass is 468 g/mol. The molecule has 30 heavy (non-hydrogen) atoms. The predicted molar refractivity (Wildman–Crippen MR) is 109 cm³/mol. The standard InChI is InChI=1S/C20H17BrN6O3/c21-14-2-1-3-15(7-14)27-11-12(6-17(27)28)20(29)26-9-13(10-26)19-24-18(25-30-19)16-8-22-4-5-23-16/h1-5,7-8,12-13H,6,9-11H2. The molecule has 0 bridgehead atoms. The molecule has 2 aliphatic heterocycles. The summed E-state index contributed by atoms with van der Waals surface area (Å²) in [5.74, 6) is 0.479. The van der Waals surface area contributed by atoms with E-state index in [9.17, 15) is 9.59 Å². The summed E-state index contributed by atoms with van der Waals surface area (Å²) in [5.41, 5.74) is 1.34. The van der Waals surface area contributed by atoms with E-state index >= 15 is 0 Å². The van der Waals surface area contributed by atoms with E-state index in [0.717, 1.165) is 10.2 Å². The summed E-state index contributed by atoms with van der Waals surface area (Å²) < 4.78 is 6.24. The van der Waals surface area contributed by atoms with Gasteiger partial charge in [0.05, 0.1) is 18.0 Å². The molecule has 1 aromatic carbocycles. The Morgan fingerprint density at radius 3 is 2.83 bits per heavy atom. The Morgan fingerprint density at radius 1 is 1.20 bits per heavy atom. The molecule has 3 aromatic rings. The van der Waals surface area contributed by atoms with Crippen LogP contribution in [-0.2, 0) is 9.59 Å². The van der Waals surface area contributed by atoms with Gasteiger partial charge < -0.3 is 14.3 Å². The molecule has 0 N–H and O–H groups in total. The number of nitrogens with zero attached hydrogens (tertiary/aromatic N) is 6. The predicted octanol–water partition coefficient (Wildman–Crippen LogP) is 2.27. The normalized spacial score (nSPS) is 19.2. The molecule has 5 rings (SSSR count). The lowest BCUT2D eigenvalue weighted by Crippen LogP contribution is -2.51. The molecule has 0 saturated carbocycles. The Hall–Kier alpha value is -3.14. The van der Waals surface area contributed by atoms with Gasteiger partial charge in [0, 0.05) is 48.6 Å². The van der Waals surface area contributed by atoms with Gasteiger partial charge in [-0.25, -0.2) is 4.98 Å². The molecular weight excluding hydrogens is 452 g/mol. The van der Waals surface area contributed by atoms with Crippen LogP contribution in [-0.4, -0.2) is 56.5 Å². The molecule has 0 radical (unpaired) electrons. The van der Waals surface area contributed by atoms with Crippen LogP contribution >= 0.6 is 15.9 Å². The van der Waals surface area contributed by atoms with Crippen LogP contribution in [0.2, 0.25) is 0 Å². The average Bonchev–Trinajstić information content (AvgIpc) is 3.35. The van der Waals surface area contributed by atoms with E-state index in [1.807, 2.05) is 24.3 Å². The number of anilines is 1. The Labute approximate surface area is 180 Å². The van der Waals surface area contributed by atoms with Crippen LogP contribution in [0.1, 0.15) is 18.2 Å². The van der Waals surface area contributed by atoms with Crippen LogP contribution < -0.4 is 4.90 Å². The highest BCUT2D eigenvalue weighted by Crippen LogP contribution is 2.32. The van der Waals surface area contributed by atoms with Crippen molar-refractivity contribution in [2.24, 2.45) is 5.92 Å². The van der Waals surface area contributed by atoms with Crippen molar-refractivity contribution in [3.05, 3.63) is 53.2 Å². The zero-order chi connectivity index (χ0) is 20.7. The van der Waals surface area contributed by atoms with Crippen LogP contribution in [0.4, 0.5) is 5.69 Å². The highest BCUT2D eigenvalue weighted by Gasteiger charge is 2.42. The van der Waals surface area contributed by atoms with E-state index in [1.165, 1.54) is 0 Å². The summed E-state index contributed by atoms with van der Waals surface area (Å²) in [6.45, 7) is 1.40. The quantitative estimate of drug-likeness (QED) is 0.577. The first-order valence-corrected chi connectivity index (χ1v) is 10.3. The maximum Gasteiger partial charge on any atom is 0.233 e. The number of hydrogen-bond acceptors (Lipinski definition) is 7. The minimum Gasteiger partial charge on any atom is -0.341 e. The number of amides is 2. The lowest BCUT2D eigenvalue weighted by molar-refractivity contribution is -0.140. The molecule has 1 unspecified atom stereocenters. The van der Waals surface area contributed by atoms with Crippen molar-refractivity contribution in [1.29, 1.82) is 0 Å². The van der Waals surface area contributed by atoms with E-state index in [-0.39, 0.29) is 30.1 Å². The van der Waals surface area contributed by atoms with E-state index < -0.39 is 0 Å². The summed E-state index contributed by atoms with van der Waals surface area (Å²) in [6, 6.07) is 7.54. The molecular formula is C20H17BrN6O3. The molecule has 10 heteroatoms. The van der Waals surface area contributed by atoms with E-state index in [4.69, 9.17) is 4.52 Å². The number of aromatic nitrogens is 4. The van der Waals surface area contributed by atoms with E-state index in [1.54, 1.807) is 28.4 Å². The zero-order valence-electron chi connectivity index (χ0n) is 15.8. The Kier molecular flexibility index (Phi) is 4.78. The van der Waals surface area contributed by atoms with E-state index in [2.05, 4.69) is 36.0 Å². The minimum atomic E-state index is -0.338. The second kappa shape index (κ2) is 7.60. The maximum atomic E-state index is 12.9. The molecule has 9 nitrogen and oxygen atoms in total. The van der Waals surface area contributed by atoms with Gasteiger partial charge in [-0.1, -0.05) is 27.2 Å². The Bertz CT molecular complexity index is 1100. The number of hydrogen-bond donors (Lipinski definition) is 0. The SMILES string of the molecule is O=C(C1CC(=O)N(c2cccc(Br)c2)C1)N1CC(c2nc(-c3cnccn3)no2)C1. The molecule has 2 aromatic heterocycles. The lowest BCUT2D eigenvalue weighted by Gasteiger charge is -2.38. The van der Waals surface area contributed by atoms with Gasteiger partial charge in [-0.05, 0) is 18.2 Å². The fourth-order valence-corrected chi connectivity index (χ4v) is 4.15. The van der Waals surface area contributed by atoms with Crippen molar-refractivity contribution in [2.45, 2.75) is 12.3 Å². The van der Waals surface area contributed by atoms with Crippen LogP contribution in [0.5, 0.6) is 0 Å². The first kappa shape index (κ1) is 18.9. The van der Waals surface area contributed by atoms with Crippen LogP contribution in [0.3, 0.4) is 0 Å². The van der Waals surface area contributed by atoms with Gasteiger partial charge in [0.2, 0.25) is 23.5 Å². The van der Waals surface area contributed by atoms with Gasteiger partial charge >= 0.3 is 0 Å². The molecule has 4 heterocycles. The van der Waals surface area contributed by atoms with E-state index in [0.29, 0.717) is 37.0 Å². The van der Waals surface area contributed by atoms with Crippen molar-refractivity contribution >= 4 is 33.4 Å². The van der Waals surface area contributed by atoms with Gasteiger partial charge in [-0.2, -0.15) is 4.98 Å². The first-order chi connectivity index (χ1) is 14.6.